The monoisotopic (exact) mass is 451 g/mol. The molecule has 5 nitrogen and oxygen atoms in total. The van der Waals surface area contributed by atoms with E-state index in [1.807, 2.05) is 4.90 Å². The number of carbonyl (C=O) groups excluding carboxylic acids is 1. The quantitative estimate of drug-likeness (QED) is 0.513. The number of aromatic nitrogens is 1. The third-order valence-corrected chi connectivity index (χ3v) is 5.98. The molecule has 0 radical (unpaired) electrons. The number of anilines is 2. The van der Waals surface area contributed by atoms with Crippen LogP contribution in [0.2, 0.25) is 0 Å². The van der Waals surface area contributed by atoms with E-state index in [1.54, 1.807) is 25.1 Å². The van der Waals surface area contributed by atoms with Gasteiger partial charge in [0.15, 0.2) is 0 Å². The summed E-state index contributed by atoms with van der Waals surface area (Å²) < 4.78 is 59.7. The van der Waals surface area contributed by atoms with Gasteiger partial charge < -0.3 is 15.0 Å². The van der Waals surface area contributed by atoms with Crippen molar-refractivity contribution in [3.05, 3.63) is 53.2 Å². The summed E-state index contributed by atoms with van der Waals surface area (Å²) >= 11 is 0. The average Bonchev–Trinajstić information content (AvgIpc) is 2.96. The average molecular weight is 451 g/mol. The summed E-state index contributed by atoms with van der Waals surface area (Å²) in [6.45, 7) is 3.13. The minimum Gasteiger partial charge on any atom is -0.372 e. The fourth-order valence-electron chi connectivity index (χ4n) is 4.25. The normalized spacial score (nSPS) is 21.0. The van der Waals surface area contributed by atoms with Gasteiger partial charge in [0.2, 0.25) is 17.8 Å². The number of hydrogen-bond donors (Lipinski definition) is 1. The van der Waals surface area contributed by atoms with Crippen molar-refractivity contribution in [2.75, 3.05) is 29.9 Å². The highest BCUT2D eigenvalue weighted by molar-refractivity contribution is 5.91. The van der Waals surface area contributed by atoms with Crippen molar-refractivity contribution < 1.29 is 27.1 Å². The zero-order valence-electron chi connectivity index (χ0n) is 17.7. The topological polar surface area (TPSA) is 54.5 Å². The highest BCUT2D eigenvalue weighted by Gasteiger charge is 2.45. The van der Waals surface area contributed by atoms with Gasteiger partial charge in [0, 0.05) is 32.4 Å². The summed E-state index contributed by atoms with van der Waals surface area (Å²) in [5.74, 6) is -4.26. The molecule has 32 heavy (non-hydrogen) atoms. The molecule has 1 aliphatic heterocycles. The van der Waals surface area contributed by atoms with Crippen molar-refractivity contribution in [3.63, 3.8) is 0 Å². The lowest BCUT2D eigenvalue weighted by molar-refractivity contribution is -0.129. The van der Waals surface area contributed by atoms with E-state index in [0.717, 1.165) is 5.56 Å². The molecule has 2 heterocycles. The molecule has 1 amide bonds. The zero-order chi connectivity index (χ0) is 22.9. The number of amides is 1. The fourth-order valence-corrected chi connectivity index (χ4v) is 4.25. The van der Waals surface area contributed by atoms with Crippen LogP contribution in [0.15, 0.2) is 30.3 Å². The molecule has 4 rings (SSSR count). The number of ether oxygens (including phenoxy) is 1. The predicted molar refractivity (Wildman–Crippen MR) is 112 cm³/mol. The second-order valence-corrected chi connectivity index (χ2v) is 8.53. The SMILES string of the molecule is Cc1cc(N2CCO[C@H](c3ccc(F)cc3)CC2)nc(F)c1NC(=O)CC1CC(F)(F)C1. The molecule has 1 saturated carbocycles. The van der Waals surface area contributed by atoms with Gasteiger partial charge in [-0.1, -0.05) is 12.1 Å². The number of benzene rings is 1. The first-order valence-corrected chi connectivity index (χ1v) is 10.7. The van der Waals surface area contributed by atoms with E-state index >= 15 is 0 Å². The first-order chi connectivity index (χ1) is 15.2. The second-order valence-electron chi connectivity index (χ2n) is 8.53. The van der Waals surface area contributed by atoms with Gasteiger partial charge in [0.1, 0.15) is 11.6 Å². The van der Waals surface area contributed by atoms with Crippen LogP contribution in [0, 0.1) is 24.6 Å². The predicted octanol–water partition coefficient (Wildman–Crippen LogP) is 5.01. The number of carbonyl (C=O) groups is 1. The molecular weight excluding hydrogens is 426 g/mol. The molecule has 2 fully saturated rings. The highest BCUT2D eigenvalue weighted by atomic mass is 19.3. The van der Waals surface area contributed by atoms with Gasteiger partial charge in [-0.15, -0.1) is 0 Å². The van der Waals surface area contributed by atoms with Gasteiger partial charge in [0.25, 0.3) is 0 Å². The summed E-state index contributed by atoms with van der Waals surface area (Å²) in [5.41, 5.74) is 1.35. The maximum atomic E-state index is 14.7. The first-order valence-electron chi connectivity index (χ1n) is 10.7. The van der Waals surface area contributed by atoms with E-state index in [9.17, 15) is 22.4 Å². The van der Waals surface area contributed by atoms with Crippen molar-refractivity contribution in [2.24, 2.45) is 5.92 Å². The van der Waals surface area contributed by atoms with E-state index in [-0.39, 0.29) is 42.8 Å². The summed E-state index contributed by atoms with van der Waals surface area (Å²) in [4.78, 5) is 18.1. The van der Waals surface area contributed by atoms with Crippen LogP contribution in [0.1, 0.15) is 42.9 Å². The Morgan fingerprint density at radius 3 is 2.59 bits per heavy atom. The Hall–Kier alpha value is -2.68. The molecule has 0 spiro atoms. The van der Waals surface area contributed by atoms with Gasteiger partial charge in [-0.3, -0.25) is 4.79 Å². The number of alkyl halides is 2. The van der Waals surface area contributed by atoms with Crippen LogP contribution in [0.5, 0.6) is 0 Å². The zero-order valence-corrected chi connectivity index (χ0v) is 17.7. The Kier molecular flexibility index (Phi) is 6.37. The Labute approximate surface area is 183 Å². The summed E-state index contributed by atoms with van der Waals surface area (Å²) in [6, 6.07) is 7.87. The lowest BCUT2D eigenvalue weighted by atomic mass is 9.79. The van der Waals surface area contributed by atoms with E-state index in [1.165, 1.54) is 12.1 Å². The molecule has 9 heteroatoms. The van der Waals surface area contributed by atoms with Crippen molar-refractivity contribution in [3.8, 4) is 0 Å². The van der Waals surface area contributed by atoms with Gasteiger partial charge in [0.05, 0.1) is 18.4 Å². The van der Waals surface area contributed by atoms with Crippen LogP contribution >= 0.6 is 0 Å². The van der Waals surface area contributed by atoms with Crippen LogP contribution < -0.4 is 10.2 Å². The van der Waals surface area contributed by atoms with Crippen LogP contribution in [-0.4, -0.2) is 36.5 Å². The molecular formula is C23H25F4N3O2. The molecule has 172 valence electrons. The standard InChI is InChI=1S/C23H25F4N3O2/c1-14-10-19(28-22(25)21(14)29-20(31)11-15-12-23(26,27)13-15)30-7-6-18(32-9-8-30)16-2-4-17(24)5-3-16/h2-5,10,15,18H,6-9,11-13H2,1H3,(H,29,31)/t18-/m0/s1. The maximum Gasteiger partial charge on any atom is 0.248 e. The lowest BCUT2D eigenvalue weighted by Gasteiger charge is -2.34. The molecule has 1 atom stereocenters. The number of hydrogen-bond acceptors (Lipinski definition) is 4. The molecule has 1 aliphatic carbocycles. The van der Waals surface area contributed by atoms with Crippen molar-refractivity contribution in [2.45, 2.75) is 44.6 Å². The van der Waals surface area contributed by atoms with Crippen molar-refractivity contribution >= 4 is 17.4 Å². The minimum atomic E-state index is -2.69. The summed E-state index contributed by atoms with van der Waals surface area (Å²) in [5, 5.41) is 2.49. The molecule has 0 bridgehead atoms. The number of pyridine rings is 1. The van der Waals surface area contributed by atoms with Crippen molar-refractivity contribution in [1.82, 2.24) is 4.98 Å². The van der Waals surface area contributed by atoms with Gasteiger partial charge in [-0.05, 0) is 48.6 Å². The number of aryl methyl sites for hydroxylation is 1. The second kappa shape index (κ2) is 9.05. The molecule has 1 aromatic heterocycles. The third-order valence-electron chi connectivity index (χ3n) is 5.98. The Bertz CT molecular complexity index is 953. The van der Waals surface area contributed by atoms with Crippen LogP contribution in [0.3, 0.4) is 0 Å². The van der Waals surface area contributed by atoms with Crippen LogP contribution in [0.4, 0.5) is 29.1 Å². The van der Waals surface area contributed by atoms with Crippen LogP contribution in [0.25, 0.3) is 0 Å². The third kappa shape index (κ3) is 5.20. The molecule has 1 saturated heterocycles. The van der Waals surface area contributed by atoms with E-state index < -0.39 is 17.8 Å². The van der Waals surface area contributed by atoms with Gasteiger partial charge in [-0.25, -0.2) is 18.2 Å². The Morgan fingerprint density at radius 1 is 1.22 bits per heavy atom. The molecule has 1 N–H and O–H groups in total. The van der Waals surface area contributed by atoms with E-state index in [2.05, 4.69) is 10.3 Å². The van der Waals surface area contributed by atoms with Crippen LogP contribution in [-0.2, 0) is 9.53 Å². The summed E-state index contributed by atoms with van der Waals surface area (Å²) in [6.07, 6.45) is -0.253. The largest absolute Gasteiger partial charge is 0.372 e. The smallest absolute Gasteiger partial charge is 0.248 e. The minimum absolute atomic E-state index is 0.0277. The highest BCUT2D eigenvalue weighted by Crippen LogP contribution is 2.44. The molecule has 1 aromatic carbocycles. The van der Waals surface area contributed by atoms with Gasteiger partial charge in [-0.2, -0.15) is 4.39 Å². The number of nitrogens with one attached hydrogen (secondary N) is 1. The van der Waals surface area contributed by atoms with Gasteiger partial charge >= 0.3 is 0 Å². The Balaban J connectivity index is 1.39. The van der Waals surface area contributed by atoms with E-state index in [0.29, 0.717) is 37.5 Å². The van der Waals surface area contributed by atoms with E-state index in [4.69, 9.17) is 4.74 Å². The maximum absolute atomic E-state index is 14.7. The number of rotatable bonds is 5. The summed E-state index contributed by atoms with van der Waals surface area (Å²) in [7, 11) is 0. The number of nitrogens with zero attached hydrogens (tertiary/aromatic N) is 2. The first kappa shape index (κ1) is 22.5. The molecule has 2 aliphatic rings. The molecule has 0 unspecified atom stereocenters. The Morgan fingerprint density at radius 2 is 1.94 bits per heavy atom. The lowest BCUT2D eigenvalue weighted by Crippen LogP contribution is -2.37. The number of halogens is 4. The van der Waals surface area contributed by atoms with Crippen molar-refractivity contribution in [1.29, 1.82) is 0 Å². The molecule has 2 aromatic rings. The fraction of sp³-hybridized carbons (Fsp3) is 0.478.